The van der Waals surface area contributed by atoms with Crippen LogP contribution in [0.15, 0.2) is 24.5 Å². The van der Waals surface area contributed by atoms with Crippen molar-refractivity contribution in [1.29, 1.82) is 0 Å². The summed E-state index contributed by atoms with van der Waals surface area (Å²) in [4.78, 5) is 15.4. The average molecular weight is 238 g/mol. The maximum atomic E-state index is 11.5. The molecule has 1 heterocycles. The van der Waals surface area contributed by atoms with E-state index in [9.17, 15) is 9.90 Å². The van der Waals surface area contributed by atoms with Gasteiger partial charge in [0.05, 0.1) is 19.1 Å². The van der Waals surface area contributed by atoms with Gasteiger partial charge in [-0.05, 0) is 18.1 Å². The summed E-state index contributed by atoms with van der Waals surface area (Å²) in [5, 5.41) is 12.1. The lowest BCUT2D eigenvalue weighted by atomic mass is 10.2. The largest absolute Gasteiger partial charge is 0.391 e. The number of hydrogen-bond donors (Lipinski definition) is 2. The molecule has 5 nitrogen and oxygen atoms in total. The van der Waals surface area contributed by atoms with E-state index in [-0.39, 0.29) is 5.91 Å². The van der Waals surface area contributed by atoms with E-state index in [4.69, 9.17) is 4.74 Å². The van der Waals surface area contributed by atoms with Crippen molar-refractivity contribution in [1.82, 2.24) is 10.3 Å². The Bertz CT molecular complexity index is 330. The standard InChI is InChI=1S/C12H18N2O3/c1-17-9-11(15)4-6-14-12(16)7-10-3-2-5-13-8-10/h2-3,5,8,11,15H,4,6-7,9H2,1H3,(H,14,16). The van der Waals surface area contributed by atoms with E-state index < -0.39 is 6.10 Å². The molecule has 5 heteroatoms. The fourth-order valence-corrected chi connectivity index (χ4v) is 1.40. The zero-order valence-corrected chi connectivity index (χ0v) is 9.93. The van der Waals surface area contributed by atoms with Crippen molar-refractivity contribution >= 4 is 5.91 Å². The van der Waals surface area contributed by atoms with Crippen LogP contribution in [0, 0.1) is 0 Å². The zero-order chi connectivity index (χ0) is 12.5. The summed E-state index contributed by atoms with van der Waals surface area (Å²) in [6.45, 7) is 0.738. The second-order valence-corrected chi connectivity index (χ2v) is 3.79. The summed E-state index contributed by atoms with van der Waals surface area (Å²) in [5.41, 5.74) is 0.877. The first-order valence-corrected chi connectivity index (χ1v) is 5.55. The van der Waals surface area contributed by atoms with Gasteiger partial charge in [0.2, 0.25) is 5.91 Å². The lowest BCUT2D eigenvalue weighted by molar-refractivity contribution is -0.120. The molecule has 0 aliphatic carbocycles. The number of carbonyl (C=O) groups excluding carboxylic acids is 1. The molecule has 1 rings (SSSR count). The van der Waals surface area contributed by atoms with E-state index in [1.165, 1.54) is 7.11 Å². The molecule has 0 spiro atoms. The predicted octanol–water partition coefficient (Wildman–Crippen LogP) is 0.138. The minimum absolute atomic E-state index is 0.0670. The minimum Gasteiger partial charge on any atom is -0.391 e. The summed E-state index contributed by atoms with van der Waals surface area (Å²) in [5.74, 6) is -0.0670. The smallest absolute Gasteiger partial charge is 0.224 e. The van der Waals surface area contributed by atoms with Crippen LogP contribution in [-0.4, -0.2) is 42.4 Å². The Balaban J connectivity index is 2.18. The normalized spacial score (nSPS) is 12.1. The minimum atomic E-state index is -0.529. The molecule has 1 aromatic rings. The monoisotopic (exact) mass is 238 g/mol. The van der Waals surface area contributed by atoms with E-state index in [0.717, 1.165) is 5.56 Å². The van der Waals surface area contributed by atoms with Gasteiger partial charge in [-0.15, -0.1) is 0 Å². The van der Waals surface area contributed by atoms with E-state index in [2.05, 4.69) is 10.3 Å². The number of nitrogens with zero attached hydrogens (tertiary/aromatic N) is 1. The summed E-state index contributed by atoms with van der Waals surface area (Å²) < 4.78 is 4.79. The Hall–Kier alpha value is -1.46. The molecule has 0 fully saturated rings. The van der Waals surface area contributed by atoms with Gasteiger partial charge in [0.15, 0.2) is 0 Å². The van der Waals surface area contributed by atoms with Crippen molar-refractivity contribution < 1.29 is 14.6 Å². The lowest BCUT2D eigenvalue weighted by Crippen LogP contribution is -2.29. The predicted molar refractivity (Wildman–Crippen MR) is 63.5 cm³/mol. The molecule has 17 heavy (non-hydrogen) atoms. The van der Waals surface area contributed by atoms with Crippen molar-refractivity contribution in [2.45, 2.75) is 18.9 Å². The number of amides is 1. The van der Waals surface area contributed by atoms with Crippen LogP contribution in [0.2, 0.25) is 0 Å². The van der Waals surface area contributed by atoms with Gasteiger partial charge in [0.25, 0.3) is 0 Å². The van der Waals surface area contributed by atoms with Gasteiger partial charge in [-0.1, -0.05) is 6.07 Å². The zero-order valence-electron chi connectivity index (χ0n) is 9.93. The number of ether oxygens (including phenoxy) is 1. The van der Waals surface area contributed by atoms with Gasteiger partial charge in [0, 0.05) is 26.0 Å². The van der Waals surface area contributed by atoms with Crippen molar-refractivity contribution in [2.24, 2.45) is 0 Å². The Labute approximate surface area is 101 Å². The van der Waals surface area contributed by atoms with Crippen LogP contribution in [0.25, 0.3) is 0 Å². The summed E-state index contributed by atoms with van der Waals surface area (Å²) in [7, 11) is 1.53. The highest BCUT2D eigenvalue weighted by atomic mass is 16.5. The van der Waals surface area contributed by atoms with Crippen molar-refractivity contribution in [3.8, 4) is 0 Å². The van der Waals surface area contributed by atoms with Crippen LogP contribution in [0.4, 0.5) is 0 Å². The van der Waals surface area contributed by atoms with Gasteiger partial charge in [-0.25, -0.2) is 0 Å². The molecule has 0 aliphatic rings. The number of methoxy groups -OCH3 is 1. The van der Waals surface area contributed by atoms with Crippen molar-refractivity contribution in [2.75, 3.05) is 20.3 Å². The van der Waals surface area contributed by atoms with Crippen LogP contribution in [0.5, 0.6) is 0 Å². The fraction of sp³-hybridized carbons (Fsp3) is 0.500. The number of rotatable bonds is 7. The Morgan fingerprint density at radius 2 is 2.47 bits per heavy atom. The van der Waals surface area contributed by atoms with E-state index in [1.807, 2.05) is 6.07 Å². The fourth-order valence-electron chi connectivity index (χ4n) is 1.40. The van der Waals surface area contributed by atoms with Gasteiger partial charge < -0.3 is 15.2 Å². The van der Waals surface area contributed by atoms with Gasteiger partial charge in [-0.3, -0.25) is 9.78 Å². The number of carbonyl (C=O) groups is 1. The van der Waals surface area contributed by atoms with E-state index in [0.29, 0.717) is 26.0 Å². The number of pyridine rings is 1. The molecule has 2 N–H and O–H groups in total. The quantitative estimate of drug-likeness (QED) is 0.708. The number of aliphatic hydroxyl groups excluding tert-OH is 1. The number of aliphatic hydroxyl groups is 1. The third-order valence-electron chi connectivity index (χ3n) is 2.25. The van der Waals surface area contributed by atoms with Crippen LogP contribution in [-0.2, 0) is 16.0 Å². The topological polar surface area (TPSA) is 71.5 Å². The van der Waals surface area contributed by atoms with Crippen LogP contribution >= 0.6 is 0 Å². The molecule has 0 aliphatic heterocycles. The molecule has 94 valence electrons. The van der Waals surface area contributed by atoms with E-state index in [1.54, 1.807) is 18.5 Å². The van der Waals surface area contributed by atoms with Crippen molar-refractivity contribution in [3.05, 3.63) is 30.1 Å². The molecule has 0 radical (unpaired) electrons. The van der Waals surface area contributed by atoms with Crippen molar-refractivity contribution in [3.63, 3.8) is 0 Å². The third kappa shape index (κ3) is 5.99. The molecular formula is C12H18N2O3. The first-order chi connectivity index (χ1) is 8.22. The molecule has 1 aromatic heterocycles. The van der Waals surface area contributed by atoms with Gasteiger partial charge in [0.1, 0.15) is 0 Å². The Morgan fingerprint density at radius 3 is 3.12 bits per heavy atom. The van der Waals surface area contributed by atoms with Crippen LogP contribution < -0.4 is 5.32 Å². The summed E-state index contributed by atoms with van der Waals surface area (Å²) in [6.07, 6.45) is 3.61. The maximum absolute atomic E-state index is 11.5. The Morgan fingerprint density at radius 1 is 1.65 bits per heavy atom. The molecular weight excluding hydrogens is 220 g/mol. The second-order valence-electron chi connectivity index (χ2n) is 3.79. The Kier molecular flexibility index (Phi) is 6.21. The summed E-state index contributed by atoms with van der Waals surface area (Å²) >= 11 is 0. The average Bonchev–Trinajstić information content (AvgIpc) is 2.30. The van der Waals surface area contributed by atoms with Crippen LogP contribution in [0.1, 0.15) is 12.0 Å². The molecule has 0 bridgehead atoms. The van der Waals surface area contributed by atoms with Gasteiger partial charge >= 0.3 is 0 Å². The van der Waals surface area contributed by atoms with E-state index >= 15 is 0 Å². The molecule has 0 saturated heterocycles. The molecule has 0 saturated carbocycles. The molecule has 1 atom stereocenters. The first kappa shape index (κ1) is 13.6. The number of aromatic nitrogens is 1. The van der Waals surface area contributed by atoms with Gasteiger partial charge in [-0.2, -0.15) is 0 Å². The highest BCUT2D eigenvalue weighted by Crippen LogP contribution is 1.97. The highest BCUT2D eigenvalue weighted by Gasteiger charge is 2.06. The lowest BCUT2D eigenvalue weighted by Gasteiger charge is -2.10. The van der Waals surface area contributed by atoms with Crippen LogP contribution in [0.3, 0.4) is 0 Å². The molecule has 1 amide bonds. The third-order valence-corrected chi connectivity index (χ3v) is 2.25. The SMILES string of the molecule is COCC(O)CCNC(=O)Cc1cccnc1. The first-order valence-electron chi connectivity index (χ1n) is 5.55. The second kappa shape index (κ2) is 7.76. The molecule has 0 aromatic carbocycles. The number of nitrogens with one attached hydrogen (secondary N) is 1. The molecule has 1 unspecified atom stereocenters. The summed E-state index contributed by atoms with van der Waals surface area (Å²) in [6, 6.07) is 3.65. The number of hydrogen-bond acceptors (Lipinski definition) is 4. The maximum Gasteiger partial charge on any atom is 0.224 e. The highest BCUT2D eigenvalue weighted by molar-refractivity contribution is 5.78.